The number of quaternary nitrogens is 1. The van der Waals surface area contributed by atoms with E-state index in [0.29, 0.717) is 56.5 Å². The Balaban J connectivity index is 1.22. The van der Waals surface area contributed by atoms with Gasteiger partial charge in [-0.15, -0.1) is 6.26 Å². The van der Waals surface area contributed by atoms with Gasteiger partial charge in [-0.3, -0.25) is 14.5 Å². The summed E-state index contributed by atoms with van der Waals surface area (Å²) in [6, 6.07) is 6.28. The van der Waals surface area contributed by atoms with Crippen LogP contribution in [-0.4, -0.2) is 65.0 Å². The van der Waals surface area contributed by atoms with Gasteiger partial charge in [0.2, 0.25) is 0 Å². The third kappa shape index (κ3) is 5.34. The number of hydrogen-bond acceptors (Lipinski definition) is 7. The number of benzene rings is 1. The van der Waals surface area contributed by atoms with Crippen LogP contribution >= 0.6 is 0 Å². The molecular weight excluding hydrogens is 713 g/mol. The number of carbonyl (C=O) groups is 2. The Morgan fingerprint density at radius 3 is 2.35 bits per heavy atom. The van der Waals surface area contributed by atoms with Crippen molar-refractivity contribution in [2.75, 3.05) is 13.1 Å². The molecule has 306 valence electrons. The Morgan fingerprint density at radius 2 is 1.70 bits per heavy atom. The van der Waals surface area contributed by atoms with Crippen molar-refractivity contribution in [1.29, 1.82) is 0 Å². The molecule has 0 radical (unpaired) electrons. The minimum Gasteiger partial charge on any atom is -0.877 e. The summed E-state index contributed by atoms with van der Waals surface area (Å²) in [6.07, 6.45) is 6.23. The lowest BCUT2D eigenvalue weighted by molar-refractivity contribution is -0.852. The number of aliphatic hydroxyl groups is 2. The van der Waals surface area contributed by atoms with E-state index in [1.165, 1.54) is 4.90 Å². The molecule has 4 aliphatic carbocycles. The Hall–Kier alpha value is -3.17. The van der Waals surface area contributed by atoms with Crippen LogP contribution in [0.2, 0.25) is 0 Å². The van der Waals surface area contributed by atoms with Gasteiger partial charge in [0.25, 0.3) is 0 Å². The van der Waals surface area contributed by atoms with Crippen LogP contribution < -0.4 is 10.0 Å². The Kier molecular flexibility index (Phi) is 8.57. The molecule has 0 spiro atoms. The van der Waals surface area contributed by atoms with Crippen molar-refractivity contribution >= 4 is 23.4 Å². The molecule has 1 unspecified atom stereocenters. The molecule has 1 saturated heterocycles. The first-order valence-electron chi connectivity index (χ1n) is 21.7. The maximum Gasteiger partial charge on any atom is 0.162 e. The predicted octanol–water partition coefficient (Wildman–Crippen LogP) is 5.92. The number of aliphatic hydroxyl groups excluding tert-OH is 2. The van der Waals surface area contributed by atoms with Crippen LogP contribution in [0.4, 0.5) is 0 Å². The van der Waals surface area contributed by atoms with E-state index in [1.807, 2.05) is 20.1 Å². The van der Waals surface area contributed by atoms with Gasteiger partial charge in [0.05, 0.1) is 30.3 Å². The number of nitrogens with one attached hydrogen (secondary N) is 1. The summed E-state index contributed by atoms with van der Waals surface area (Å²) in [6.45, 7) is 22.7. The number of nitrogens with zero attached hydrogens (tertiary/aromatic N) is 1. The highest BCUT2D eigenvalue weighted by molar-refractivity contribution is 6.02. The first kappa shape index (κ1) is 39.3. The van der Waals surface area contributed by atoms with Crippen molar-refractivity contribution in [2.45, 2.75) is 145 Å². The largest absolute Gasteiger partial charge is 0.877 e. The third-order valence-electron chi connectivity index (χ3n) is 17.7. The monoisotopic (exact) mass is 776 g/mol. The van der Waals surface area contributed by atoms with E-state index in [4.69, 9.17) is 9.73 Å². The van der Waals surface area contributed by atoms with E-state index >= 15 is 4.79 Å². The average Bonchev–Trinajstić information content (AvgIpc) is 3.37. The van der Waals surface area contributed by atoms with Gasteiger partial charge >= 0.3 is 0 Å². The molecule has 3 saturated carbocycles. The van der Waals surface area contributed by atoms with Gasteiger partial charge in [0.1, 0.15) is 24.1 Å². The number of allylic oxidation sites excluding steroid dienone is 2. The average molecular weight is 777 g/mol. The molecule has 0 aromatic heterocycles. The van der Waals surface area contributed by atoms with Crippen LogP contribution in [0, 0.1) is 58.7 Å². The number of epoxide rings is 1. The number of rotatable bonds is 5. The Bertz CT molecular complexity index is 2130. The summed E-state index contributed by atoms with van der Waals surface area (Å²) >= 11 is 0. The summed E-state index contributed by atoms with van der Waals surface area (Å²) in [5.74, 6) is 0.127. The van der Waals surface area contributed by atoms with Gasteiger partial charge in [0.15, 0.2) is 11.5 Å². The molecule has 9 rings (SSSR count). The predicted molar refractivity (Wildman–Crippen MR) is 219 cm³/mol. The van der Waals surface area contributed by atoms with Gasteiger partial charge in [-0.1, -0.05) is 70.9 Å². The molecule has 57 heavy (non-hydrogen) atoms. The second-order valence-corrected chi connectivity index (χ2v) is 21.8. The van der Waals surface area contributed by atoms with Crippen molar-refractivity contribution in [3.8, 4) is 0 Å². The van der Waals surface area contributed by atoms with Crippen LogP contribution in [0.5, 0.6) is 0 Å². The zero-order valence-corrected chi connectivity index (χ0v) is 35.9. The second-order valence-electron chi connectivity index (χ2n) is 21.8. The van der Waals surface area contributed by atoms with E-state index in [2.05, 4.69) is 73.6 Å². The maximum atomic E-state index is 15.1. The van der Waals surface area contributed by atoms with Gasteiger partial charge in [-0.2, -0.15) is 0 Å². The van der Waals surface area contributed by atoms with Crippen LogP contribution in [-0.2, 0) is 14.3 Å². The highest BCUT2D eigenvalue weighted by Crippen LogP contribution is 2.75. The second kappa shape index (κ2) is 12.4. The standard InChI is InChI=1S/C49H64N2O6/c1-26-17-27(2)19-29(18-26)32(25-52)30-23-51-24-31-37-38(46(7,20-34(54)43-45(5,6)57-43)14-11-28-22-50-39(30)40(28)51)33(53)21-49(37,10)48(9)16-12-35-44(3,4)36(55)13-15-47(35,8)42(48)41(31)56/h17-19,22,25,31,34-35,41-43,52,54,56H,11-16,20-21,23-24H2,1-10H3/t31-,34-,35+,41-,42+,43+,46+,47+,48+,49+/m1/s1. The molecular formula is C49H64N2O6. The number of Topliss-reactive ketones (excluding diaryl/α,β-unsaturated/α-hetero) is 2. The van der Waals surface area contributed by atoms with Gasteiger partial charge < -0.3 is 20.1 Å². The van der Waals surface area contributed by atoms with E-state index in [0.717, 1.165) is 75.9 Å². The summed E-state index contributed by atoms with van der Waals surface area (Å²) in [5.41, 5.74) is 6.91. The molecule has 11 atom stereocenters. The number of ether oxygens (including phenoxy) is 1. The summed E-state index contributed by atoms with van der Waals surface area (Å²) in [5, 5.41) is 38.5. The topological polar surface area (TPSA) is 127 Å². The molecule has 4 heterocycles. The minimum atomic E-state index is -0.754. The Labute approximate surface area is 339 Å². The number of aryl methyl sites for hydroxylation is 2. The van der Waals surface area contributed by atoms with Crippen molar-refractivity contribution in [3.63, 3.8) is 0 Å². The third-order valence-corrected chi connectivity index (χ3v) is 17.7. The lowest BCUT2D eigenvalue weighted by Crippen LogP contribution is -3.10. The van der Waals surface area contributed by atoms with Crippen molar-refractivity contribution < 1.29 is 34.5 Å². The van der Waals surface area contributed by atoms with Crippen molar-refractivity contribution in [2.24, 2.45) is 49.8 Å². The highest BCUT2D eigenvalue weighted by atomic mass is 16.6. The van der Waals surface area contributed by atoms with Crippen LogP contribution in [0.1, 0.15) is 123 Å². The molecule has 8 nitrogen and oxygen atoms in total. The van der Waals surface area contributed by atoms with E-state index < -0.39 is 34.1 Å². The van der Waals surface area contributed by atoms with Gasteiger partial charge in [-0.25, -0.2) is 4.99 Å². The van der Waals surface area contributed by atoms with Crippen LogP contribution in [0.25, 0.3) is 5.57 Å². The molecule has 4 aliphatic heterocycles. The summed E-state index contributed by atoms with van der Waals surface area (Å²) in [4.78, 5) is 35.0. The molecule has 1 aromatic rings. The normalized spacial score (nSPS) is 42.2. The fourth-order valence-corrected chi connectivity index (χ4v) is 14.9. The molecule has 4 fully saturated rings. The fourth-order valence-electron chi connectivity index (χ4n) is 14.9. The lowest BCUT2D eigenvalue weighted by atomic mass is 9.34. The van der Waals surface area contributed by atoms with E-state index in [1.54, 1.807) is 0 Å². The SMILES string of the molecule is Cc1cc(C)cc(C(=C[O-])C2=C3N=CC4=C3[NH+](C2)C[C@@H]2C3=C(C(=O)C[C@]3(C)[C@@]3(C)CC[C@H]5C(C)(C)C(=O)CC[C@]5(C)[C@@H]3[C@@H]2O)[C@](C)(C[C@@H](O)[C@@H]2OC2(C)C)CC4)c1. The molecule has 1 aromatic carbocycles. The zero-order chi connectivity index (χ0) is 41.0. The van der Waals surface area contributed by atoms with Crippen LogP contribution in [0.3, 0.4) is 0 Å². The maximum absolute atomic E-state index is 15.1. The number of ketones is 2. The lowest BCUT2D eigenvalue weighted by Gasteiger charge is -2.70. The quantitative estimate of drug-likeness (QED) is 0.252. The summed E-state index contributed by atoms with van der Waals surface area (Å²) in [7, 11) is 0. The molecule has 0 bridgehead atoms. The minimum absolute atomic E-state index is 0.128. The van der Waals surface area contributed by atoms with Crippen molar-refractivity contribution in [3.05, 3.63) is 74.8 Å². The van der Waals surface area contributed by atoms with Crippen LogP contribution in [0.15, 0.2) is 63.1 Å². The highest BCUT2D eigenvalue weighted by Gasteiger charge is 2.73. The Morgan fingerprint density at radius 1 is 1.02 bits per heavy atom. The molecule has 8 aliphatic rings. The number of aliphatic imine (C=N–C) groups is 1. The molecule has 0 amide bonds. The fraction of sp³-hybridized carbons (Fsp3) is 0.653. The molecule has 3 N–H and O–H groups in total. The first-order chi connectivity index (χ1) is 26.6. The zero-order valence-electron chi connectivity index (χ0n) is 35.9. The van der Waals surface area contributed by atoms with E-state index in [-0.39, 0.29) is 40.5 Å². The van der Waals surface area contributed by atoms with Gasteiger partial charge in [0, 0.05) is 46.6 Å². The van der Waals surface area contributed by atoms with Gasteiger partial charge in [-0.05, 0) is 111 Å². The summed E-state index contributed by atoms with van der Waals surface area (Å²) < 4.78 is 5.99. The van der Waals surface area contributed by atoms with E-state index in [9.17, 15) is 20.1 Å². The number of hydrogen-bond donors (Lipinski definition) is 3. The number of fused-ring (bicyclic) bond motifs is 4. The first-order valence-corrected chi connectivity index (χ1v) is 21.7. The smallest absolute Gasteiger partial charge is 0.162 e. The molecule has 8 heteroatoms. The number of carbonyl (C=O) groups excluding carboxylic acids is 2. The van der Waals surface area contributed by atoms with Crippen molar-refractivity contribution in [1.82, 2.24) is 0 Å².